The standard InChI is InChI=1S/C18H20BrN3O7S/c1-3-27-12-6-10(5-11(19)16(12)29-9-15(25)28-4-2)8-20-22-18-21-17(26)13(30-18)7-14(23)24/h5-6,8,13H,3-4,7,9H2,1-2H3,(H,23,24)(H,21,22,26). The number of halogens is 1. The lowest BCUT2D eigenvalue weighted by molar-refractivity contribution is -0.145. The normalized spacial score (nSPS) is 17.2. The van der Waals surface area contributed by atoms with Crippen molar-refractivity contribution in [2.45, 2.75) is 25.5 Å². The van der Waals surface area contributed by atoms with E-state index in [1.807, 2.05) is 6.92 Å². The number of thioether (sulfide) groups is 1. The molecule has 10 nitrogen and oxygen atoms in total. The predicted octanol–water partition coefficient (Wildman–Crippen LogP) is 2.19. The molecule has 1 saturated heterocycles. The highest BCUT2D eigenvalue weighted by molar-refractivity contribution is 9.10. The first-order valence-electron chi connectivity index (χ1n) is 8.89. The SMILES string of the molecule is CCOC(=O)COc1c(Br)cc(C=NN=C2NC(=O)C(CC(=O)O)S2)cc1OCC. The van der Waals surface area contributed by atoms with E-state index in [2.05, 4.69) is 31.4 Å². The molecule has 0 aromatic heterocycles. The molecule has 1 aliphatic heterocycles. The fraction of sp³-hybridized carbons (Fsp3) is 0.389. The van der Waals surface area contributed by atoms with Gasteiger partial charge in [-0.25, -0.2) is 4.79 Å². The summed E-state index contributed by atoms with van der Waals surface area (Å²) in [5.74, 6) is -1.23. The highest BCUT2D eigenvalue weighted by atomic mass is 79.9. The number of carboxylic acids is 1. The molecule has 0 aliphatic carbocycles. The number of carbonyl (C=O) groups excluding carboxylic acids is 2. The molecular weight excluding hydrogens is 482 g/mol. The lowest BCUT2D eigenvalue weighted by Crippen LogP contribution is -2.26. The van der Waals surface area contributed by atoms with Crippen LogP contribution in [0, 0.1) is 0 Å². The number of amidine groups is 1. The zero-order valence-corrected chi connectivity index (χ0v) is 18.6. The van der Waals surface area contributed by atoms with Gasteiger partial charge in [0.15, 0.2) is 23.3 Å². The van der Waals surface area contributed by atoms with E-state index in [-0.39, 0.29) is 24.8 Å². The first-order valence-corrected chi connectivity index (χ1v) is 10.6. The van der Waals surface area contributed by atoms with Crippen LogP contribution in [0.25, 0.3) is 0 Å². The Morgan fingerprint density at radius 1 is 1.30 bits per heavy atom. The van der Waals surface area contributed by atoms with E-state index in [0.717, 1.165) is 11.8 Å². The second-order valence-electron chi connectivity index (χ2n) is 5.70. The maximum absolute atomic E-state index is 11.7. The van der Waals surface area contributed by atoms with Crippen molar-refractivity contribution in [3.8, 4) is 11.5 Å². The molecule has 1 fully saturated rings. The Morgan fingerprint density at radius 2 is 2.07 bits per heavy atom. The second-order valence-corrected chi connectivity index (χ2v) is 7.75. The Labute approximate surface area is 185 Å². The van der Waals surface area contributed by atoms with Crippen molar-refractivity contribution in [3.63, 3.8) is 0 Å². The molecule has 12 heteroatoms. The van der Waals surface area contributed by atoms with E-state index in [0.29, 0.717) is 28.1 Å². The Morgan fingerprint density at radius 3 is 2.73 bits per heavy atom. The smallest absolute Gasteiger partial charge is 0.344 e. The van der Waals surface area contributed by atoms with Gasteiger partial charge in [0, 0.05) is 0 Å². The molecule has 2 N–H and O–H groups in total. The minimum atomic E-state index is -1.06. The number of hydrogen-bond donors (Lipinski definition) is 2. The van der Waals surface area contributed by atoms with Gasteiger partial charge in [-0.1, -0.05) is 11.8 Å². The zero-order chi connectivity index (χ0) is 22.1. The number of carbonyl (C=O) groups is 3. The first-order chi connectivity index (χ1) is 14.3. The summed E-state index contributed by atoms with van der Waals surface area (Å²) < 4.78 is 16.5. The molecular formula is C18H20BrN3O7S. The van der Waals surface area contributed by atoms with Crippen LogP contribution in [0.4, 0.5) is 0 Å². The highest BCUT2D eigenvalue weighted by Crippen LogP contribution is 2.36. The Kier molecular flexibility index (Phi) is 9.12. The van der Waals surface area contributed by atoms with Crippen LogP contribution in [0.15, 0.2) is 26.8 Å². The monoisotopic (exact) mass is 501 g/mol. The number of amides is 1. The van der Waals surface area contributed by atoms with Crippen molar-refractivity contribution in [1.82, 2.24) is 5.32 Å². The Hall–Kier alpha value is -2.60. The number of esters is 1. The van der Waals surface area contributed by atoms with Crippen LogP contribution in [0.1, 0.15) is 25.8 Å². The summed E-state index contributed by atoms with van der Waals surface area (Å²) in [5, 5.41) is 18.6. The van der Waals surface area contributed by atoms with Crippen LogP contribution in [-0.2, 0) is 19.1 Å². The molecule has 0 radical (unpaired) electrons. The summed E-state index contributed by atoms with van der Waals surface area (Å²) in [5.41, 5.74) is 0.620. The summed E-state index contributed by atoms with van der Waals surface area (Å²) in [6, 6.07) is 3.35. The van der Waals surface area contributed by atoms with E-state index in [1.54, 1.807) is 19.1 Å². The molecule has 1 heterocycles. The van der Waals surface area contributed by atoms with Gasteiger partial charge in [0.1, 0.15) is 5.25 Å². The largest absolute Gasteiger partial charge is 0.490 e. The van der Waals surface area contributed by atoms with Gasteiger partial charge in [0.05, 0.1) is 30.3 Å². The van der Waals surface area contributed by atoms with Crippen LogP contribution < -0.4 is 14.8 Å². The van der Waals surface area contributed by atoms with E-state index in [1.165, 1.54) is 6.21 Å². The molecule has 1 aliphatic rings. The first kappa shape index (κ1) is 23.7. The molecule has 0 spiro atoms. The number of hydrogen-bond acceptors (Lipinski definition) is 9. The van der Waals surface area contributed by atoms with Gasteiger partial charge < -0.3 is 24.6 Å². The average molecular weight is 502 g/mol. The molecule has 30 heavy (non-hydrogen) atoms. The summed E-state index contributed by atoms with van der Waals surface area (Å²) in [7, 11) is 0. The lowest BCUT2D eigenvalue weighted by Gasteiger charge is -2.14. The number of aliphatic carboxylic acids is 1. The maximum atomic E-state index is 11.7. The van der Waals surface area contributed by atoms with Crippen LogP contribution in [0.3, 0.4) is 0 Å². The van der Waals surface area contributed by atoms with Crippen LogP contribution >= 0.6 is 27.7 Å². The maximum Gasteiger partial charge on any atom is 0.344 e. The minimum absolute atomic E-state index is 0.223. The average Bonchev–Trinajstić information content (AvgIpc) is 3.00. The highest BCUT2D eigenvalue weighted by Gasteiger charge is 2.32. The summed E-state index contributed by atoms with van der Waals surface area (Å²) in [6.07, 6.45) is 1.14. The van der Waals surface area contributed by atoms with Crippen molar-refractivity contribution < 1.29 is 33.7 Å². The lowest BCUT2D eigenvalue weighted by atomic mass is 10.2. The quantitative estimate of drug-likeness (QED) is 0.282. The van der Waals surface area contributed by atoms with Gasteiger partial charge in [-0.2, -0.15) is 5.10 Å². The van der Waals surface area contributed by atoms with Crippen molar-refractivity contribution >= 4 is 56.9 Å². The second kappa shape index (κ2) is 11.6. The fourth-order valence-corrected chi connectivity index (χ4v) is 3.78. The molecule has 1 aromatic rings. The zero-order valence-electron chi connectivity index (χ0n) is 16.2. The molecule has 1 unspecified atom stereocenters. The number of carboxylic acid groups (broad SMARTS) is 1. The number of nitrogens with zero attached hydrogens (tertiary/aromatic N) is 2. The molecule has 1 atom stereocenters. The van der Waals surface area contributed by atoms with Gasteiger partial charge in [0.25, 0.3) is 0 Å². The van der Waals surface area contributed by atoms with E-state index in [9.17, 15) is 14.4 Å². The van der Waals surface area contributed by atoms with Crippen molar-refractivity contribution in [1.29, 1.82) is 0 Å². The minimum Gasteiger partial charge on any atom is -0.490 e. The van der Waals surface area contributed by atoms with Gasteiger partial charge in [-0.05, 0) is 47.5 Å². The van der Waals surface area contributed by atoms with Crippen LogP contribution in [0.5, 0.6) is 11.5 Å². The third-order valence-corrected chi connectivity index (χ3v) is 5.12. The summed E-state index contributed by atoms with van der Waals surface area (Å²) in [4.78, 5) is 34.0. The third-order valence-electron chi connectivity index (χ3n) is 3.46. The fourth-order valence-electron chi connectivity index (χ4n) is 2.29. The van der Waals surface area contributed by atoms with Crippen molar-refractivity contribution in [2.24, 2.45) is 10.2 Å². The number of benzene rings is 1. The Balaban J connectivity index is 2.11. The third kappa shape index (κ3) is 7.02. The van der Waals surface area contributed by atoms with Crippen LogP contribution in [0.2, 0.25) is 0 Å². The van der Waals surface area contributed by atoms with Gasteiger partial charge in [-0.15, -0.1) is 5.10 Å². The summed E-state index contributed by atoms with van der Waals surface area (Å²) >= 11 is 4.39. The number of nitrogens with one attached hydrogen (secondary N) is 1. The van der Waals surface area contributed by atoms with E-state index >= 15 is 0 Å². The van der Waals surface area contributed by atoms with E-state index < -0.39 is 23.1 Å². The topological polar surface area (TPSA) is 136 Å². The van der Waals surface area contributed by atoms with Crippen LogP contribution in [-0.4, -0.2) is 59.4 Å². The van der Waals surface area contributed by atoms with Crippen molar-refractivity contribution in [3.05, 3.63) is 22.2 Å². The predicted molar refractivity (Wildman–Crippen MR) is 114 cm³/mol. The molecule has 1 aromatic carbocycles. The molecule has 1 amide bonds. The molecule has 2 rings (SSSR count). The summed E-state index contributed by atoms with van der Waals surface area (Å²) in [6.45, 7) is 3.89. The van der Waals surface area contributed by atoms with Gasteiger partial charge >= 0.3 is 11.9 Å². The number of rotatable bonds is 10. The molecule has 0 bridgehead atoms. The van der Waals surface area contributed by atoms with Gasteiger partial charge in [0.2, 0.25) is 5.91 Å². The number of ether oxygens (including phenoxy) is 3. The molecule has 162 valence electrons. The van der Waals surface area contributed by atoms with Gasteiger partial charge in [-0.3, -0.25) is 9.59 Å². The Bertz CT molecular complexity index is 876. The van der Waals surface area contributed by atoms with E-state index in [4.69, 9.17) is 19.3 Å². The van der Waals surface area contributed by atoms with Crippen molar-refractivity contribution in [2.75, 3.05) is 19.8 Å². The molecule has 0 saturated carbocycles.